The number of non-ortho nitro benzene ring substituents is 1. The van der Waals surface area contributed by atoms with Crippen molar-refractivity contribution in [3.05, 3.63) is 79.4 Å². The Hall–Kier alpha value is -3.08. The fourth-order valence-corrected chi connectivity index (χ4v) is 4.79. The van der Waals surface area contributed by atoms with Crippen LogP contribution >= 0.6 is 22.6 Å². The van der Waals surface area contributed by atoms with Crippen molar-refractivity contribution >= 4 is 51.7 Å². The number of hydrogen-bond donors (Lipinski definition) is 0. The van der Waals surface area contributed by atoms with Gasteiger partial charge >= 0.3 is 0 Å². The van der Waals surface area contributed by atoms with Crippen molar-refractivity contribution in [3.63, 3.8) is 0 Å². The minimum Gasteiger partial charge on any atom is -0.326 e. The van der Waals surface area contributed by atoms with E-state index in [2.05, 4.69) is 28.7 Å². The average molecular weight is 573 g/mol. The van der Waals surface area contributed by atoms with E-state index in [4.69, 9.17) is 0 Å². The molecule has 1 unspecified atom stereocenters. The van der Waals surface area contributed by atoms with Gasteiger partial charge in [0.1, 0.15) is 6.04 Å². The number of amides is 3. The zero-order chi connectivity index (χ0) is 24.2. The molecule has 1 fully saturated rings. The number of halogens is 1. The lowest BCUT2D eigenvalue weighted by Gasteiger charge is -2.28. The highest BCUT2D eigenvalue weighted by Crippen LogP contribution is 2.29. The average Bonchev–Trinajstić information content (AvgIpc) is 3.14. The van der Waals surface area contributed by atoms with Gasteiger partial charge in [0, 0.05) is 27.8 Å². The first-order chi connectivity index (χ1) is 16.3. The van der Waals surface area contributed by atoms with Gasteiger partial charge < -0.3 is 4.90 Å². The van der Waals surface area contributed by atoms with Gasteiger partial charge in [-0.3, -0.25) is 24.5 Å². The zero-order valence-corrected chi connectivity index (χ0v) is 20.6. The molecule has 0 saturated carbocycles. The van der Waals surface area contributed by atoms with Crippen LogP contribution in [0.4, 0.5) is 11.4 Å². The molecule has 2 aromatic rings. The number of anilines is 1. The molecule has 1 atom stereocenters. The Bertz CT molecular complexity index is 1160. The lowest BCUT2D eigenvalue weighted by molar-refractivity contribution is -0.384. The number of hydrogen-bond acceptors (Lipinski definition) is 5. The van der Waals surface area contributed by atoms with Crippen LogP contribution in [0.2, 0.25) is 0 Å². The van der Waals surface area contributed by atoms with Gasteiger partial charge in [-0.1, -0.05) is 17.7 Å². The molecule has 34 heavy (non-hydrogen) atoms. The number of carbonyl (C=O) groups excluding carboxylic acids is 3. The van der Waals surface area contributed by atoms with Gasteiger partial charge in [0.25, 0.3) is 17.5 Å². The standard InChI is InChI=1S/C25H24IN3O5/c26-19-9-11-20(12-10-19)28-23(30)16-22(25(28)32)27(14-13-17-5-2-1-3-6-17)24(31)18-7-4-8-21(15-18)29(33)34/h4-5,7-12,15,22H,1-3,6,13-14,16H2. The summed E-state index contributed by atoms with van der Waals surface area (Å²) in [5.41, 5.74) is 1.62. The zero-order valence-electron chi connectivity index (χ0n) is 18.5. The summed E-state index contributed by atoms with van der Waals surface area (Å²) < 4.78 is 0.972. The highest BCUT2D eigenvalue weighted by Gasteiger charge is 2.44. The molecule has 2 aromatic carbocycles. The Morgan fingerprint density at radius 2 is 1.91 bits per heavy atom. The van der Waals surface area contributed by atoms with Crippen molar-refractivity contribution in [1.29, 1.82) is 0 Å². The van der Waals surface area contributed by atoms with Crippen molar-refractivity contribution in [1.82, 2.24) is 4.90 Å². The number of carbonyl (C=O) groups is 3. The van der Waals surface area contributed by atoms with Crippen LogP contribution in [0, 0.1) is 13.7 Å². The smallest absolute Gasteiger partial charge is 0.270 e. The van der Waals surface area contributed by atoms with Crippen molar-refractivity contribution in [2.75, 3.05) is 11.4 Å². The van der Waals surface area contributed by atoms with Crippen LogP contribution in [0.1, 0.15) is 48.9 Å². The Kier molecular flexibility index (Phi) is 7.40. The maximum Gasteiger partial charge on any atom is 0.270 e. The van der Waals surface area contributed by atoms with E-state index in [0.717, 1.165) is 34.2 Å². The SMILES string of the molecule is O=C1CC(N(CCC2=CCCCC2)C(=O)c2cccc([N+](=O)[O-])c2)C(=O)N1c1ccc(I)cc1. The molecule has 9 heteroatoms. The Morgan fingerprint density at radius 3 is 2.59 bits per heavy atom. The van der Waals surface area contributed by atoms with E-state index in [1.807, 2.05) is 12.1 Å². The lowest BCUT2D eigenvalue weighted by atomic mass is 9.96. The largest absolute Gasteiger partial charge is 0.326 e. The molecule has 1 aliphatic carbocycles. The second-order valence-corrected chi connectivity index (χ2v) is 9.67. The van der Waals surface area contributed by atoms with Gasteiger partial charge in [-0.05, 0) is 85.0 Å². The third-order valence-corrected chi connectivity index (χ3v) is 6.93. The minimum absolute atomic E-state index is 0.121. The number of nitro groups is 1. The Balaban J connectivity index is 1.63. The maximum atomic E-state index is 13.5. The van der Waals surface area contributed by atoms with Crippen LogP contribution in [0.5, 0.6) is 0 Å². The molecule has 176 valence electrons. The van der Waals surface area contributed by atoms with Crippen molar-refractivity contribution in [3.8, 4) is 0 Å². The van der Waals surface area contributed by atoms with Gasteiger partial charge in [0.15, 0.2) is 0 Å². The molecule has 1 heterocycles. The van der Waals surface area contributed by atoms with E-state index in [1.54, 1.807) is 12.1 Å². The van der Waals surface area contributed by atoms with Crippen LogP contribution in [0.3, 0.4) is 0 Å². The molecule has 0 N–H and O–H groups in total. The van der Waals surface area contributed by atoms with E-state index in [0.29, 0.717) is 12.1 Å². The number of benzene rings is 2. The predicted octanol–water partition coefficient (Wildman–Crippen LogP) is 4.86. The highest BCUT2D eigenvalue weighted by molar-refractivity contribution is 14.1. The van der Waals surface area contributed by atoms with Crippen molar-refractivity contribution < 1.29 is 19.3 Å². The molecule has 4 rings (SSSR count). The first-order valence-corrected chi connectivity index (χ1v) is 12.3. The van der Waals surface area contributed by atoms with Crippen LogP contribution in [0.25, 0.3) is 0 Å². The molecule has 0 radical (unpaired) electrons. The second-order valence-electron chi connectivity index (χ2n) is 8.43. The molecule has 2 aliphatic rings. The minimum atomic E-state index is -0.956. The third kappa shape index (κ3) is 5.19. The summed E-state index contributed by atoms with van der Waals surface area (Å²) in [5.74, 6) is -1.32. The van der Waals surface area contributed by atoms with E-state index >= 15 is 0 Å². The highest BCUT2D eigenvalue weighted by atomic mass is 127. The number of rotatable bonds is 7. The molecule has 3 amide bonds. The van der Waals surface area contributed by atoms with Gasteiger partial charge in [0.2, 0.25) is 5.91 Å². The summed E-state index contributed by atoms with van der Waals surface area (Å²) in [4.78, 5) is 53.0. The molecule has 8 nitrogen and oxygen atoms in total. The van der Waals surface area contributed by atoms with Gasteiger partial charge in [0.05, 0.1) is 17.0 Å². The van der Waals surface area contributed by atoms with Gasteiger partial charge in [-0.25, -0.2) is 4.90 Å². The molecular weight excluding hydrogens is 549 g/mol. The summed E-state index contributed by atoms with van der Waals surface area (Å²) in [5, 5.41) is 11.2. The van der Waals surface area contributed by atoms with Crippen molar-refractivity contribution in [2.24, 2.45) is 0 Å². The summed E-state index contributed by atoms with van der Waals surface area (Å²) in [6, 6.07) is 11.6. The monoisotopic (exact) mass is 573 g/mol. The van der Waals surface area contributed by atoms with Crippen LogP contribution in [-0.4, -0.2) is 40.1 Å². The number of nitro benzene ring substituents is 1. The van der Waals surface area contributed by atoms with E-state index in [1.165, 1.54) is 34.7 Å². The first-order valence-electron chi connectivity index (χ1n) is 11.2. The Labute approximate surface area is 210 Å². The van der Waals surface area contributed by atoms with Crippen LogP contribution in [0.15, 0.2) is 60.2 Å². The maximum absolute atomic E-state index is 13.5. The second kappa shape index (κ2) is 10.5. The van der Waals surface area contributed by atoms with E-state index in [-0.39, 0.29) is 30.1 Å². The van der Waals surface area contributed by atoms with Crippen molar-refractivity contribution in [2.45, 2.75) is 44.6 Å². The number of allylic oxidation sites excluding steroid dienone is 1. The number of imide groups is 1. The van der Waals surface area contributed by atoms with E-state index < -0.39 is 22.8 Å². The molecule has 0 spiro atoms. The van der Waals surface area contributed by atoms with Gasteiger partial charge in [-0.2, -0.15) is 0 Å². The number of nitrogens with zero attached hydrogens (tertiary/aromatic N) is 3. The summed E-state index contributed by atoms with van der Waals surface area (Å²) in [6.07, 6.45) is 6.83. The van der Waals surface area contributed by atoms with Crippen LogP contribution < -0.4 is 4.90 Å². The summed E-state index contributed by atoms with van der Waals surface area (Å²) in [7, 11) is 0. The quantitative estimate of drug-likeness (QED) is 0.155. The first kappa shape index (κ1) is 24.1. The van der Waals surface area contributed by atoms with Gasteiger partial charge in [-0.15, -0.1) is 0 Å². The molecule has 1 aliphatic heterocycles. The fourth-order valence-electron chi connectivity index (χ4n) is 4.43. The summed E-state index contributed by atoms with van der Waals surface area (Å²) >= 11 is 2.14. The molecule has 0 bridgehead atoms. The molecular formula is C25H24IN3O5. The summed E-state index contributed by atoms with van der Waals surface area (Å²) in [6.45, 7) is 0.261. The van der Waals surface area contributed by atoms with E-state index in [9.17, 15) is 24.5 Å². The fraction of sp³-hybridized carbons (Fsp3) is 0.320. The third-order valence-electron chi connectivity index (χ3n) is 6.21. The molecule has 1 saturated heterocycles. The lowest BCUT2D eigenvalue weighted by Crippen LogP contribution is -2.46. The van der Waals surface area contributed by atoms with Crippen LogP contribution in [-0.2, 0) is 9.59 Å². The Morgan fingerprint density at radius 1 is 1.15 bits per heavy atom. The molecule has 0 aromatic heterocycles. The normalized spacial score (nSPS) is 18.1. The topological polar surface area (TPSA) is 101 Å². The predicted molar refractivity (Wildman–Crippen MR) is 135 cm³/mol.